The highest BCUT2D eigenvalue weighted by molar-refractivity contribution is 5.68. The minimum atomic E-state index is -0.833. The number of rotatable bonds is 0. The zero-order valence-corrected chi connectivity index (χ0v) is 59.6. The molecule has 0 atom stereocenters. The standard InChI is InChI=1S/25C2H4O2.H3N/c25*1-2(3)4;/h25*1H3,(H,3,4);1H3. The Morgan fingerprint density at radius 3 is 0.0891 bits per heavy atom. The van der Waals surface area contributed by atoms with E-state index in [1.165, 1.54) is 0 Å². The van der Waals surface area contributed by atoms with E-state index < -0.39 is 149 Å². The molecule has 0 unspecified atom stereocenters. The largest absolute Gasteiger partial charge is 0.481 e. The Balaban J connectivity index is -0.0000000242. The van der Waals surface area contributed by atoms with Crippen LogP contribution in [0.3, 0.4) is 0 Å². The van der Waals surface area contributed by atoms with Gasteiger partial charge in [-0.25, -0.2) is 0 Å². The summed E-state index contributed by atoms with van der Waals surface area (Å²) in [6.07, 6.45) is 0. The average molecular weight is 1520 g/mol. The molecule has 0 fully saturated rings. The molecule has 51 heteroatoms. The first-order valence-corrected chi connectivity index (χ1v) is 23.2. The first kappa shape index (κ1) is 173. The van der Waals surface area contributed by atoms with Crippen molar-refractivity contribution >= 4 is 149 Å². The summed E-state index contributed by atoms with van der Waals surface area (Å²) < 4.78 is 0. The van der Waals surface area contributed by atoms with Crippen LogP contribution in [-0.2, 0) is 120 Å². The fourth-order valence-corrected chi connectivity index (χ4v) is 0. The maximum Gasteiger partial charge on any atom is 0.300 e. The highest BCUT2D eigenvalue weighted by Crippen LogP contribution is 1.50. The number of carboxylic acids is 25. The summed E-state index contributed by atoms with van der Waals surface area (Å²) in [6.45, 7) is 27.1. The Hall–Kier alpha value is -13.3. The lowest BCUT2D eigenvalue weighted by Crippen LogP contribution is -1.78. The van der Waals surface area contributed by atoms with Crippen LogP contribution in [0.5, 0.6) is 0 Å². The van der Waals surface area contributed by atoms with E-state index in [9.17, 15) is 0 Å². The molecule has 0 aromatic rings. The molecular formula is C50H103NO50. The molecule has 28 N–H and O–H groups in total. The lowest BCUT2D eigenvalue weighted by molar-refractivity contribution is -0.135. The van der Waals surface area contributed by atoms with Gasteiger partial charge in [-0.15, -0.1) is 0 Å². The molecule has 51 nitrogen and oxygen atoms in total. The van der Waals surface area contributed by atoms with Crippen LogP contribution in [0.25, 0.3) is 0 Å². The molecule has 0 saturated carbocycles. The van der Waals surface area contributed by atoms with Gasteiger partial charge in [0, 0.05) is 173 Å². The van der Waals surface area contributed by atoms with Gasteiger partial charge in [-0.1, -0.05) is 0 Å². The minimum absolute atomic E-state index is 0. The third kappa shape index (κ3) is 3520. The summed E-state index contributed by atoms with van der Waals surface area (Å²) >= 11 is 0. The van der Waals surface area contributed by atoms with Crippen molar-refractivity contribution < 1.29 is 248 Å². The molecule has 0 aliphatic carbocycles. The summed E-state index contributed by atoms with van der Waals surface area (Å²) in [5.74, 6) is -20.8. The summed E-state index contributed by atoms with van der Waals surface area (Å²) in [7, 11) is 0. The maximum absolute atomic E-state index is 9.00. The van der Waals surface area contributed by atoms with Gasteiger partial charge in [-0.2, -0.15) is 0 Å². The third-order valence-electron chi connectivity index (χ3n) is 0. The van der Waals surface area contributed by atoms with Crippen molar-refractivity contribution in [2.24, 2.45) is 0 Å². The third-order valence-corrected chi connectivity index (χ3v) is 0. The molecule has 0 rings (SSSR count). The number of aliphatic carboxylic acids is 25. The molecule has 0 aromatic carbocycles. The van der Waals surface area contributed by atoms with E-state index in [0.29, 0.717) is 0 Å². The SMILES string of the molecule is CC(=O)O.CC(=O)O.CC(=O)O.CC(=O)O.CC(=O)O.CC(=O)O.CC(=O)O.CC(=O)O.CC(=O)O.CC(=O)O.CC(=O)O.CC(=O)O.CC(=O)O.CC(=O)O.CC(=O)O.CC(=O)O.CC(=O)O.CC(=O)O.CC(=O)O.CC(=O)O.CC(=O)O.CC(=O)O.CC(=O)O.CC(=O)O.CC(=O)O.N. The highest BCUT2D eigenvalue weighted by atomic mass is 16.4. The van der Waals surface area contributed by atoms with Crippen molar-refractivity contribution in [3.05, 3.63) is 0 Å². The Morgan fingerprint density at radius 1 is 0.0891 bits per heavy atom. The second-order valence-electron chi connectivity index (χ2n) is 13.0. The van der Waals surface area contributed by atoms with Crippen molar-refractivity contribution in [3.63, 3.8) is 0 Å². The molecule has 0 aliphatic rings. The van der Waals surface area contributed by atoms with Crippen molar-refractivity contribution in [3.8, 4) is 0 Å². The fraction of sp³-hybridized carbons (Fsp3) is 0.500. The van der Waals surface area contributed by atoms with Crippen LogP contribution in [0, 0.1) is 0 Å². The van der Waals surface area contributed by atoms with Gasteiger partial charge in [-0.05, 0) is 0 Å². The number of carboxylic acid groups (broad SMARTS) is 25. The van der Waals surface area contributed by atoms with Crippen LogP contribution < -0.4 is 6.15 Å². The van der Waals surface area contributed by atoms with Gasteiger partial charge in [-0.3, -0.25) is 120 Å². The van der Waals surface area contributed by atoms with Gasteiger partial charge in [0.1, 0.15) is 0 Å². The molecule has 608 valence electrons. The van der Waals surface area contributed by atoms with Crippen molar-refractivity contribution in [1.29, 1.82) is 0 Å². The molecule has 0 radical (unpaired) electrons. The van der Waals surface area contributed by atoms with E-state index in [2.05, 4.69) is 0 Å². The Bertz CT molecular complexity index is 1380. The van der Waals surface area contributed by atoms with Gasteiger partial charge in [0.2, 0.25) is 0 Å². The molecule has 101 heavy (non-hydrogen) atoms. The number of carbonyl (C=O) groups is 25. The van der Waals surface area contributed by atoms with Crippen LogP contribution in [-0.4, -0.2) is 277 Å². The van der Waals surface area contributed by atoms with E-state index >= 15 is 0 Å². The van der Waals surface area contributed by atoms with Crippen LogP contribution in [0.15, 0.2) is 0 Å². The van der Waals surface area contributed by atoms with Crippen molar-refractivity contribution in [1.82, 2.24) is 6.15 Å². The smallest absolute Gasteiger partial charge is 0.300 e. The highest BCUT2D eigenvalue weighted by Gasteiger charge is 1.73. The Kier molecular flexibility index (Phi) is 287. The van der Waals surface area contributed by atoms with Crippen LogP contribution in [0.2, 0.25) is 0 Å². The second kappa shape index (κ2) is 167. The quantitative estimate of drug-likeness (QED) is 0.166. The molecule has 0 aliphatic heterocycles. The monoisotopic (exact) mass is 1520 g/mol. The number of hydrogen-bond donors (Lipinski definition) is 26. The lowest BCUT2D eigenvalue weighted by atomic mass is 10.9. The Morgan fingerprint density at radius 2 is 0.0891 bits per heavy atom. The normalized spacial score (nSPS) is 6.19. The summed E-state index contributed by atoms with van der Waals surface area (Å²) in [5, 5.41) is 185. The summed E-state index contributed by atoms with van der Waals surface area (Å²) in [4.78, 5) is 225. The summed E-state index contributed by atoms with van der Waals surface area (Å²) in [5.41, 5.74) is 0. The molecular weight excluding hydrogens is 1410 g/mol. The minimum Gasteiger partial charge on any atom is -0.481 e. The molecule has 0 saturated heterocycles. The first-order valence-electron chi connectivity index (χ1n) is 23.2. The second-order valence-corrected chi connectivity index (χ2v) is 13.0. The van der Waals surface area contributed by atoms with E-state index in [-0.39, 0.29) is 6.15 Å². The molecule has 0 aromatic heterocycles. The predicted molar refractivity (Wildman–Crippen MR) is 338 cm³/mol. The van der Waals surface area contributed by atoms with Crippen LogP contribution >= 0.6 is 0 Å². The maximum atomic E-state index is 9.00. The summed E-state index contributed by atoms with van der Waals surface area (Å²) in [6, 6.07) is 0. The lowest BCUT2D eigenvalue weighted by Gasteiger charge is -1.59. The van der Waals surface area contributed by atoms with E-state index in [4.69, 9.17) is 248 Å². The number of hydrogen-bond acceptors (Lipinski definition) is 26. The first-order chi connectivity index (χ1) is 43.3. The van der Waals surface area contributed by atoms with E-state index in [0.717, 1.165) is 173 Å². The average Bonchev–Trinajstić information content (AvgIpc) is 3.15. The predicted octanol–water partition coefficient (Wildman–Crippen LogP) is 2.43. The topological polar surface area (TPSA) is 968 Å². The van der Waals surface area contributed by atoms with Gasteiger partial charge in [0.15, 0.2) is 0 Å². The van der Waals surface area contributed by atoms with Gasteiger partial charge in [0.05, 0.1) is 0 Å². The molecule has 0 spiro atoms. The van der Waals surface area contributed by atoms with Crippen molar-refractivity contribution in [2.45, 2.75) is 173 Å². The molecule has 0 heterocycles. The van der Waals surface area contributed by atoms with Gasteiger partial charge >= 0.3 is 0 Å². The van der Waals surface area contributed by atoms with E-state index in [1.807, 2.05) is 0 Å². The van der Waals surface area contributed by atoms with Crippen LogP contribution in [0.1, 0.15) is 173 Å². The zero-order valence-electron chi connectivity index (χ0n) is 59.6. The fourth-order valence-electron chi connectivity index (χ4n) is 0. The van der Waals surface area contributed by atoms with Crippen LogP contribution in [0.4, 0.5) is 0 Å². The molecule has 0 amide bonds. The van der Waals surface area contributed by atoms with Gasteiger partial charge in [0.25, 0.3) is 149 Å². The zero-order chi connectivity index (χ0) is 89.4. The van der Waals surface area contributed by atoms with E-state index in [1.54, 1.807) is 0 Å². The van der Waals surface area contributed by atoms with Gasteiger partial charge < -0.3 is 134 Å². The van der Waals surface area contributed by atoms with Crippen molar-refractivity contribution in [2.75, 3.05) is 0 Å². The molecule has 0 bridgehead atoms. The Labute approximate surface area is 575 Å².